The van der Waals surface area contributed by atoms with Crippen molar-refractivity contribution in [3.05, 3.63) is 42.5 Å². The molecule has 6 atom stereocenters. The summed E-state index contributed by atoms with van der Waals surface area (Å²) in [7, 11) is -2.65. The molecule has 15 heteroatoms. The molecule has 1 aromatic carbocycles. The molecule has 0 aliphatic carbocycles. The van der Waals surface area contributed by atoms with Gasteiger partial charge in [-0.2, -0.15) is 5.09 Å². The summed E-state index contributed by atoms with van der Waals surface area (Å²) in [6.45, 7) is 4.17. The first-order valence-electron chi connectivity index (χ1n) is 12.4. The number of anilines is 1. The summed E-state index contributed by atoms with van der Waals surface area (Å²) in [5.74, 6) is 2.24. The van der Waals surface area contributed by atoms with Crippen LogP contribution in [0.15, 0.2) is 36.7 Å². The summed E-state index contributed by atoms with van der Waals surface area (Å²) in [5, 5.41) is 16.3. The first-order valence-corrected chi connectivity index (χ1v) is 13.9. The van der Waals surface area contributed by atoms with Crippen molar-refractivity contribution < 1.29 is 37.4 Å². The molecule has 0 spiro atoms. The lowest BCUT2D eigenvalue weighted by molar-refractivity contribution is -0.144. The smallest absolute Gasteiger partial charge is 0.459 e. The quantitative estimate of drug-likeness (QED) is 0.174. The molecular formula is C25H30FN6O7P. The van der Waals surface area contributed by atoms with Gasteiger partial charge in [0, 0.05) is 7.05 Å². The number of aryl methyl sites for hydroxylation is 1. The highest BCUT2D eigenvalue weighted by molar-refractivity contribution is 7.52. The van der Waals surface area contributed by atoms with Crippen LogP contribution in [-0.4, -0.2) is 74.8 Å². The molecule has 1 saturated heterocycles. The van der Waals surface area contributed by atoms with Crippen LogP contribution in [0.3, 0.4) is 0 Å². The van der Waals surface area contributed by atoms with Gasteiger partial charge < -0.3 is 24.4 Å². The van der Waals surface area contributed by atoms with Gasteiger partial charge >= 0.3 is 13.7 Å². The molecule has 0 radical (unpaired) electrons. The molecule has 0 bridgehead atoms. The highest BCUT2D eigenvalue weighted by Crippen LogP contribution is 2.48. The summed E-state index contributed by atoms with van der Waals surface area (Å²) < 4.78 is 53.0. The Balaban J connectivity index is 1.60. The Morgan fingerprint density at radius 2 is 2.10 bits per heavy atom. The number of aromatic nitrogens is 4. The van der Waals surface area contributed by atoms with E-state index >= 15 is 4.39 Å². The standard InChI is InChI=1S/C25H30FN6O7P/c1-6-25(26)20(33)18(38-24(25)32-14-28-19-21(27-5)29-16(4)30-22(19)32)13-37-40(35,31-15(3)23(34)36-7-2)39-17-11-9-8-10-12-17/h1,8-12,14-15,18,20,24,33H,7,13H2,2-5H3,(H,31,35)(H,27,29,30)/t15-,18+,20+,24+,25+,40?/m0/s1. The minimum absolute atomic E-state index is 0.104. The van der Waals surface area contributed by atoms with E-state index in [2.05, 4.69) is 25.4 Å². The average molecular weight is 577 g/mol. The van der Waals surface area contributed by atoms with E-state index in [0.29, 0.717) is 17.2 Å². The predicted octanol–water partition coefficient (Wildman–Crippen LogP) is 2.52. The molecule has 3 aromatic rings. The van der Waals surface area contributed by atoms with E-state index < -0.39 is 50.5 Å². The maximum Gasteiger partial charge on any atom is 0.459 e. The van der Waals surface area contributed by atoms with Crippen molar-refractivity contribution >= 4 is 30.7 Å². The number of alkyl halides is 1. The second-order valence-electron chi connectivity index (χ2n) is 8.88. The van der Waals surface area contributed by atoms with Gasteiger partial charge in [-0.25, -0.2) is 23.9 Å². The molecule has 4 rings (SSSR count). The maximum absolute atomic E-state index is 16.1. The first-order chi connectivity index (χ1) is 19.0. The minimum atomic E-state index is -4.30. The van der Waals surface area contributed by atoms with Gasteiger partial charge in [-0.05, 0) is 32.9 Å². The number of para-hydroxylation sites is 1. The van der Waals surface area contributed by atoms with Crippen molar-refractivity contribution in [2.24, 2.45) is 0 Å². The number of aliphatic hydroxyl groups is 1. The molecule has 1 fully saturated rings. The zero-order chi connectivity index (χ0) is 29.1. The normalized spacial score (nSPS) is 24.7. The number of rotatable bonds is 11. The van der Waals surface area contributed by atoms with Crippen LogP contribution >= 0.6 is 7.75 Å². The van der Waals surface area contributed by atoms with E-state index in [1.807, 2.05) is 5.92 Å². The molecule has 1 unspecified atom stereocenters. The summed E-state index contributed by atoms with van der Waals surface area (Å²) >= 11 is 0. The van der Waals surface area contributed by atoms with Gasteiger partial charge in [-0.1, -0.05) is 24.1 Å². The minimum Gasteiger partial charge on any atom is -0.465 e. The number of benzene rings is 1. The lowest BCUT2D eigenvalue weighted by atomic mass is 9.97. The van der Waals surface area contributed by atoms with E-state index in [4.69, 9.17) is 24.9 Å². The number of esters is 1. The van der Waals surface area contributed by atoms with E-state index in [1.165, 1.54) is 30.0 Å². The topological polar surface area (TPSA) is 159 Å². The van der Waals surface area contributed by atoms with Crippen LogP contribution in [0.1, 0.15) is 25.9 Å². The number of carbonyl (C=O) groups excluding carboxylic acids is 1. The van der Waals surface area contributed by atoms with Gasteiger partial charge in [0.25, 0.3) is 0 Å². The molecular weight excluding hydrogens is 546 g/mol. The van der Waals surface area contributed by atoms with Crippen LogP contribution in [0.25, 0.3) is 11.2 Å². The molecule has 13 nitrogen and oxygen atoms in total. The van der Waals surface area contributed by atoms with E-state index in [0.717, 1.165) is 0 Å². The lowest BCUT2D eigenvalue weighted by Gasteiger charge is -2.25. The van der Waals surface area contributed by atoms with E-state index in [9.17, 15) is 14.5 Å². The highest BCUT2D eigenvalue weighted by atomic mass is 31.2. The number of halogens is 1. The van der Waals surface area contributed by atoms with Crippen molar-refractivity contribution in [2.45, 2.75) is 50.9 Å². The zero-order valence-corrected chi connectivity index (χ0v) is 23.2. The number of terminal acetylenes is 1. The summed E-state index contributed by atoms with van der Waals surface area (Å²) in [5.41, 5.74) is -2.19. The van der Waals surface area contributed by atoms with Crippen LogP contribution in [0.5, 0.6) is 5.75 Å². The molecule has 2 aromatic heterocycles. The van der Waals surface area contributed by atoms with Gasteiger partial charge in [-0.3, -0.25) is 13.9 Å². The zero-order valence-electron chi connectivity index (χ0n) is 22.3. The Bertz CT molecular complexity index is 1450. The number of nitrogens with one attached hydrogen (secondary N) is 2. The Morgan fingerprint density at radius 1 is 1.38 bits per heavy atom. The number of aliphatic hydroxyl groups excluding tert-OH is 1. The second kappa shape index (κ2) is 11.9. The molecule has 0 amide bonds. The molecule has 0 saturated carbocycles. The number of fused-ring (bicyclic) bond motifs is 1. The number of nitrogens with zero attached hydrogens (tertiary/aromatic N) is 4. The third-order valence-electron chi connectivity index (χ3n) is 6.06. The second-order valence-corrected chi connectivity index (χ2v) is 10.6. The molecule has 214 valence electrons. The summed E-state index contributed by atoms with van der Waals surface area (Å²) in [4.78, 5) is 25.0. The lowest BCUT2D eigenvalue weighted by Crippen LogP contribution is -2.42. The van der Waals surface area contributed by atoms with E-state index in [1.54, 1.807) is 39.1 Å². The third kappa shape index (κ3) is 5.79. The summed E-state index contributed by atoms with van der Waals surface area (Å²) in [6, 6.07) is 6.98. The maximum atomic E-state index is 16.1. The van der Waals surface area contributed by atoms with Crippen LogP contribution in [0.4, 0.5) is 10.2 Å². The van der Waals surface area contributed by atoms with Crippen molar-refractivity contribution in [1.29, 1.82) is 0 Å². The van der Waals surface area contributed by atoms with Crippen molar-refractivity contribution in [3.63, 3.8) is 0 Å². The monoisotopic (exact) mass is 576 g/mol. The first kappa shape index (κ1) is 29.4. The van der Waals surface area contributed by atoms with Crippen molar-refractivity contribution in [2.75, 3.05) is 25.6 Å². The van der Waals surface area contributed by atoms with Crippen molar-refractivity contribution in [3.8, 4) is 18.1 Å². The number of ether oxygens (including phenoxy) is 2. The predicted molar refractivity (Wildman–Crippen MR) is 142 cm³/mol. The van der Waals surface area contributed by atoms with Crippen LogP contribution < -0.4 is 14.9 Å². The summed E-state index contributed by atoms with van der Waals surface area (Å²) in [6.07, 6.45) is 1.94. The fraction of sp³-hybridized carbons (Fsp3) is 0.440. The van der Waals surface area contributed by atoms with Crippen LogP contribution in [0.2, 0.25) is 0 Å². The van der Waals surface area contributed by atoms with Crippen LogP contribution in [-0.2, 0) is 23.4 Å². The van der Waals surface area contributed by atoms with Gasteiger partial charge in [0.2, 0.25) is 5.67 Å². The Labute approximate surface area is 230 Å². The number of hydrogen-bond acceptors (Lipinski definition) is 11. The Kier molecular flexibility index (Phi) is 8.72. The largest absolute Gasteiger partial charge is 0.465 e. The van der Waals surface area contributed by atoms with Gasteiger partial charge in [0.15, 0.2) is 23.2 Å². The molecule has 1 aliphatic rings. The third-order valence-corrected chi connectivity index (χ3v) is 7.70. The molecule has 3 heterocycles. The molecule has 40 heavy (non-hydrogen) atoms. The fourth-order valence-corrected chi connectivity index (χ4v) is 5.62. The highest BCUT2D eigenvalue weighted by Gasteiger charge is 2.58. The number of imidazole rings is 1. The fourth-order valence-electron chi connectivity index (χ4n) is 4.12. The van der Waals surface area contributed by atoms with Gasteiger partial charge in [0.05, 0.1) is 19.5 Å². The molecule has 1 aliphatic heterocycles. The molecule has 3 N–H and O–H groups in total. The van der Waals surface area contributed by atoms with Crippen LogP contribution in [0, 0.1) is 19.3 Å². The van der Waals surface area contributed by atoms with Crippen molar-refractivity contribution in [1.82, 2.24) is 24.6 Å². The number of hydrogen-bond donors (Lipinski definition) is 3. The van der Waals surface area contributed by atoms with Gasteiger partial charge in [0.1, 0.15) is 29.8 Å². The Morgan fingerprint density at radius 3 is 2.75 bits per heavy atom. The number of carbonyl (C=O) groups is 1. The van der Waals surface area contributed by atoms with E-state index in [-0.39, 0.29) is 18.0 Å². The SMILES string of the molecule is C#C[C@@]1(F)[C@H](O)[C@@H](COP(=O)(N[C@@H](C)C(=O)OCC)Oc2ccccc2)O[C@H]1n1cnc2c(NC)nc(C)nc21. The average Bonchev–Trinajstić information content (AvgIpc) is 3.46. The Hall–Kier alpha value is -3.60. The van der Waals surface area contributed by atoms with Gasteiger partial charge in [-0.15, -0.1) is 6.42 Å².